The lowest BCUT2D eigenvalue weighted by atomic mass is 10.1. The van der Waals surface area contributed by atoms with Crippen LogP contribution in [0.3, 0.4) is 0 Å². The molecular formula is C25H33BrN2. The second kappa shape index (κ2) is 15.6. The zero-order chi connectivity index (χ0) is 21.4. The fraction of sp³-hybridized carbons (Fsp3) is 0.240. The van der Waals surface area contributed by atoms with Gasteiger partial charge < -0.3 is 5.73 Å². The molecule has 28 heavy (non-hydrogen) atoms. The number of benzene rings is 1. The van der Waals surface area contributed by atoms with Gasteiger partial charge in [0.1, 0.15) is 5.84 Å². The van der Waals surface area contributed by atoms with Crippen molar-refractivity contribution in [2.24, 2.45) is 10.7 Å². The minimum absolute atomic E-state index is 0.469. The summed E-state index contributed by atoms with van der Waals surface area (Å²) < 4.78 is 1.00. The summed E-state index contributed by atoms with van der Waals surface area (Å²) in [5.41, 5.74) is 10.1. The molecule has 0 bridgehead atoms. The van der Waals surface area contributed by atoms with Gasteiger partial charge in [0, 0.05) is 15.6 Å². The third-order valence-electron chi connectivity index (χ3n) is 3.64. The van der Waals surface area contributed by atoms with E-state index in [9.17, 15) is 0 Å². The highest BCUT2D eigenvalue weighted by molar-refractivity contribution is 9.10. The van der Waals surface area contributed by atoms with Gasteiger partial charge in [0.25, 0.3) is 0 Å². The molecule has 0 saturated heterocycles. The number of aliphatic imine (C=N–C) groups is 1. The summed E-state index contributed by atoms with van der Waals surface area (Å²) in [7, 11) is 0. The second-order valence-electron chi connectivity index (χ2n) is 5.53. The Morgan fingerprint density at radius 2 is 1.93 bits per heavy atom. The average molecular weight is 441 g/mol. The SMILES string of the molecule is C=C\C=C/C(=C\C)C(/N)=N\C(=C/C/C(C=C)=C/CC)c1cccc(Br)c1.CC. The third kappa shape index (κ3) is 9.52. The number of nitrogens with zero attached hydrogens (tertiary/aromatic N) is 1. The largest absolute Gasteiger partial charge is 0.383 e. The maximum absolute atomic E-state index is 6.25. The molecular weight excluding hydrogens is 408 g/mol. The minimum atomic E-state index is 0.469. The monoisotopic (exact) mass is 440 g/mol. The van der Waals surface area contributed by atoms with Crippen molar-refractivity contribution >= 4 is 27.5 Å². The summed E-state index contributed by atoms with van der Waals surface area (Å²) in [4.78, 5) is 4.70. The van der Waals surface area contributed by atoms with Gasteiger partial charge in [-0.1, -0.05) is 105 Å². The fourth-order valence-electron chi connectivity index (χ4n) is 2.30. The van der Waals surface area contributed by atoms with Crippen molar-refractivity contribution in [3.05, 3.63) is 101 Å². The molecule has 0 unspecified atom stereocenters. The van der Waals surface area contributed by atoms with Gasteiger partial charge in [-0.3, -0.25) is 0 Å². The van der Waals surface area contributed by atoms with Gasteiger partial charge >= 0.3 is 0 Å². The fourth-order valence-corrected chi connectivity index (χ4v) is 2.70. The smallest absolute Gasteiger partial charge is 0.131 e. The predicted octanol–water partition coefficient (Wildman–Crippen LogP) is 7.77. The quantitative estimate of drug-likeness (QED) is 0.237. The van der Waals surface area contributed by atoms with Crippen LogP contribution >= 0.6 is 15.9 Å². The predicted molar refractivity (Wildman–Crippen MR) is 131 cm³/mol. The first-order valence-electron chi connectivity index (χ1n) is 9.63. The number of allylic oxidation sites excluding steroid dienone is 7. The molecule has 0 aliphatic rings. The van der Waals surface area contributed by atoms with E-state index in [0.717, 1.165) is 34.1 Å². The number of hydrogen-bond donors (Lipinski definition) is 1. The first kappa shape index (κ1) is 25.6. The number of rotatable bonds is 9. The molecule has 0 atom stereocenters. The number of hydrogen-bond acceptors (Lipinski definition) is 1. The number of halogens is 1. The molecule has 1 aromatic carbocycles. The normalized spacial score (nSPS) is 13.2. The molecule has 0 amide bonds. The molecule has 0 fully saturated rings. The van der Waals surface area contributed by atoms with Crippen molar-refractivity contribution < 1.29 is 0 Å². The van der Waals surface area contributed by atoms with Crippen LogP contribution in [0.2, 0.25) is 0 Å². The van der Waals surface area contributed by atoms with Crippen LogP contribution in [0.5, 0.6) is 0 Å². The Morgan fingerprint density at radius 3 is 2.46 bits per heavy atom. The van der Waals surface area contributed by atoms with Gasteiger partial charge in [-0.15, -0.1) is 0 Å². The van der Waals surface area contributed by atoms with Crippen LogP contribution in [0.4, 0.5) is 0 Å². The van der Waals surface area contributed by atoms with E-state index in [4.69, 9.17) is 10.7 Å². The topological polar surface area (TPSA) is 38.4 Å². The van der Waals surface area contributed by atoms with Gasteiger partial charge in [-0.05, 0) is 37.5 Å². The molecule has 0 aromatic heterocycles. The average Bonchev–Trinajstić information content (AvgIpc) is 2.72. The minimum Gasteiger partial charge on any atom is -0.383 e. The zero-order valence-corrected chi connectivity index (χ0v) is 19.2. The Bertz CT molecular complexity index is 777. The van der Waals surface area contributed by atoms with Crippen molar-refractivity contribution in [3.63, 3.8) is 0 Å². The van der Waals surface area contributed by atoms with Crippen LogP contribution in [0.1, 0.15) is 46.1 Å². The van der Waals surface area contributed by atoms with E-state index in [0.29, 0.717) is 5.84 Å². The first-order chi connectivity index (χ1) is 13.5. The Hall–Kier alpha value is -2.39. The van der Waals surface area contributed by atoms with Gasteiger partial charge in [0.15, 0.2) is 0 Å². The van der Waals surface area contributed by atoms with Crippen LogP contribution in [0.25, 0.3) is 5.70 Å². The van der Waals surface area contributed by atoms with Gasteiger partial charge in [0.2, 0.25) is 0 Å². The van der Waals surface area contributed by atoms with Crippen molar-refractivity contribution in [2.75, 3.05) is 0 Å². The summed E-state index contributed by atoms with van der Waals surface area (Å²) >= 11 is 3.52. The van der Waals surface area contributed by atoms with E-state index in [1.807, 2.05) is 69.3 Å². The van der Waals surface area contributed by atoms with Crippen LogP contribution < -0.4 is 5.73 Å². The third-order valence-corrected chi connectivity index (χ3v) is 4.13. The highest BCUT2D eigenvalue weighted by Crippen LogP contribution is 2.23. The lowest BCUT2D eigenvalue weighted by molar-refractivity contribution is 1.16. The summed E-state index contributed by atoms with van der Waals surface area (Å²) in [5.74, 6) is 0.469. The second-order valence-corrected chi connectivity index (χ2v) is 6.45. The molecule has 3 heteroatoms. The van der Waals surface area contributed by atoms with Crippen LogP contribution in [0, 0.1) is 0 Å². The summed E-state index contributed by atoms with van der Waals surface area (Å²) in [6.45, 7) is 15.6. The highest BCUT2D eigenvalue weighted by Gasteiger charge is 2.05. The Kier molecular flexibility index (Phi) is 14.3. The molecule has 0 radical (unpaired) electrons. The van der Waals surface area contributed by atoms with Gasteiger partial charge in [0.05, 0.1) is 5.70 Å². The molecule has 150 valence electrons. The van der Waals surface area contributed by atoms with Gasteiger partial charge in [-0.2, -0.15) is 0 Å². The van der Waals surface area contributed by atoms with E-state index in [1.165, 1.54) is 5.57 Å². The van der Waals surface area contributed by atoms with Crippen molar-refractivity contribution in [2.45, 2.75) is 40.5 Å². The molecule has 0 aliphatic carbocycles. The lowest BCUT2D eigenvalue weighted by Crippen LogP contribution is -2.13. The van der Waals surface area contributed by atoms with E-state index in [-0.39, 0.29) is 0 Å². The molecule has 2 N–H and O–H groups in total. The summed E-state index contributed by atoms with van der Waals surface area (Å²) in [6, 6.07) is 8.04. The van der Waals surface area contributed by atoms with E-state index < -0.39 is 0 Å². The Labute approximate surface area is 179 Å². The Balaban J connectivity index is 0.00000352. The van der Waals surface area contributed by atoms with E-state index in [1.54, 1.807) is 6.08 Å². The molecule has 2 nitrogen and oxygen atoms in total. The molecule has 0 heterocycles. The first-order valence-corrected chi connectivity index (χ1v) is 10.4. The van der Waals surface area contributed by atoms with E-state index >= 15 is 0 Å². The highest BCUT2D eigenvalue weighted by atomic mass is 79.9. The summed E-state index contributed by atoms with van der Waals surface area (Å²) in [5, 5.41) is 0. The Morgan fingerprint density at radius 1 is 1.21 bits per heavy atom. The van der Waals surface area contributed by atoms with Crippen molar-refractivity contribution in [1.29, 1.82) is 0 Å². The summed E-state index contributed by atoms with van der Waals surface area (Å²) in [6.07, 6.45) is 15.3. The number of amidine groups is 1. The molecule has 0 aliphatic heterocycles. The molecule has 1 rings (SSSR count). The standard InChI is InChI=1S/C23H27BrN2.C2H6/c1-5-9-12-19(8-4)23(25)26-22(16-15-18(7-3)11-6-2)20-13-10-14-21(24)17-20;1-2/h5,7-14,16-17H,1,3,6,15H2,2,4H3,(H2,25,26);1-2H3/b12-9-,18-11+,19-8+,22-16-;. The molecule has 1 aromatic rings. The maximum Gasteiger partial charge on any atom is 0.131 e. The van der Waals surface area contributed by atoms with Crippen molar-refractivity contribution in [3.8, 4) is 0 Å². The van der Waals surface area contributed by atoms with Gasteiger partial charge in [-0.25, -0.2) is 4.99 Å². The lowest BCUT2D eigenvalue weighted by Gasteiger charge is -2.08. The maximum atomic E-state index is 6.25. The van der Waals surface area contributed by atoms with Crippen LogP contribution in [0.15, 0.2) is 101 Å². The van der Waals surface area contributed by atoms with Crippen molar-refractivity contribution in [1.82, 2.24) is 0 Å². The van der Waals surface area contributed by atoms with E-state index in [2.05, 4.69) is 48.2 Å². The van der Waals surface area contributed by atoms with Crippen LogP contribution in [-0.4, -0.2) is 5.84 Å². The molecule has 0 saturated carbocycles. The number of nitrogens with two attached hydrogens (primary N) is 1. The zero-order valence-electron chi connectivity index (χ0n) is 17.6. The van der Waals surface area contributed by atoms with Crippen LogP contribution in [-0.2, 0) is 0 Å². The molecule has 0 spiro atoms.